The number of phenols is 1. The maximum absolute atomic E-state index is 13.4. The van der Waals surface area contributed by atoms with Crippen LogP contribution in [-0.2, 0) is 0 Å². The average Bonchev–Trinajstić information content (AvgIpc) is 2.37. The van der Waals surface area contributed by atoms with Crippen molar-refractivity contribution in [1.29, 1.82) is 0 Å². The minimum absolute atomic E-state index is 0.136. The highest BCUT2D eigenvalue weighted by Gasteiger charge is 2.11. The summed E-state index contributed by atoms with van der Waals surface area (Å²) in [5, 5.41) is 12.6. The predicted molar refractivity (Wildman–Crippen MR) is 77.3 cm³/mol. The molecular weight excluding hydrogens is 257 g/mol. The second kappa shape index (κ2) is 5.86. The molecule has 0 fully saturated rings. The zero-order valence-corrected chi connectivity index (χ0v) is 11.8. The van der Waals surface area contributed by atoms with Gasteiger partial charge in [-0.25, -0.2) is 14.4 Å². The van der Waals surface area contributed by atoms with Gasteiger partial charge in [0.05, 0.1) is 0 Å². The number of aromatic hydroxyl groups is 1. The summed E-state index contributed by atoms with van der Waals surface area (Å²) in [6.45, 7) is 6.78. The summed E-state index contributed by atoms with van der Waals surface area (Å²) in [6.07, 6.45) is 0. The standard InChI is InChI=1S/C15H18FN3O/c1-4-17-14-8-13(9(2)3)18-15(19-14)10-5-11(16)7-12(20)6-10/h5-9,20H,4H2,1-3H3,(H,17,18,19). The Morgan fingerprint density at radius 2 is 1.95 bits per heavy atom. The fourth-order valence-electron chi connectivity index (χ4n) is 1.87. The van der Waals surface area contributed by atoms with Gasteiger partial charge in [0.2, 0.25) is 0 Å². The third-order valence-corrected chi connectivity index (χ3v) is 2.84. The first-order chi connectivity index (χ1) is 9.49. The van der Waals surface area contributed by atoms with E-state index in [4.69, 9.17) is 0 Å². The van der Waals surface area contributed by atoms with Gasteiger partial charge < -0.3 is 10.4 Å². The van der Waals surface area contributed by atoms with Crippen molar-refractivity contribution in [3.63, 3.8) is 0 Å². The Balaban J connectivity index is 2.54. The number of nitrogens with zero attached hydrogens (tertiary/aromatic N) is 2. The Morgan fingerprint density at radius 3 is 2.55 bits per heavy atom. The van der Waals surface area contributed by atoms with E-state index in [9.17, 15) is 9.50 Å². The maximum atomic E-state index is 13.4. The van der Waals surface area contributed by atoms with E-state index >= 15 is 0 Å². The fourth-order valence-corrected chi connectivity index (χ4v) is 1.87. The topological polar surface area (TPSA) is 58.0 Å². The van der Waals surface area contributed by atoms with Gasteiger partial charge in [0, 0.05) is 29.9 Å². The number of anilines is 1. The first-order valence-corrected chi connectivity index (χ1v) is 6.62. The molecule has 4 nitrogen and oxygen atoms in total. The van der Waals surface area contributed by atoms with E-state index in [0.717, 1.165) is 18.3 Å². The van der Waals surface area contributed by atoms with Gasteiger partial charge in [-0.1, -0.05) is 13.8 Å². The number of halogens is 1. The normalized spacial score (nSPS) is 10.8. The van der Waals surface area contributed by atoms with Crippen molar-refractivity contribution < 1.29 is 9.50 Å². The molecule has 0 aliphatic heterocycles. The highest BCUT2D eigenvalue weighted by Crippen LogP contribution is 2.25. The molecular formula is C15H18FN3O. The van der Waals surface area contributed by atoms with Crippen molar-refractivity contribution in [3.8, 4) is 17.1 Å². The van der Waals surface area contributed by atoms with Crippen LogP contribution < -0.4 is 5.32 Å². The number of hydrogen-bond acceptors (Lipinski definition) is 4. The van der Waals surface area contributed by atoms with Crippen LogP contribution in [0.5, 0.6) is 5.75 Å². The maximum Gasteiger partial charge on any atom is 0.162 e. The summed E-state index contributed by atoms with van der Waals surface area (Å²) < 4.78 is 13.4. The van der Waals surface area contributed by atoms with Crippen LogP contribution >= 0.6 is 0 Å². The third-order valence-electron chi connectivity index (χ3n) is 2.84. The smallest absolute Gasteiger partial charge is 0.162 e. The van der Waals surface area contributed by atoms with E-state index in [2.05, 4.69) is 15.3 Å². The van der Waals surface area contributed by atoms with Crippen LogP contribution in [0.25, 0.3) is 11.4 Å². The molecule has 0 radical (unpaired) electrons. The van der Waals surface area contributed by atoms with Gasteiger partial charge in [-0.3, -0.25) is 0 Å². The van der Waals surface area contributed by atoms with Gasteiger partial charge in [0.15, 0.2) is 5.82 Å². The minimum Gasteiger partial charge on any atom is -0.508 e. The van der Waals surface area contributed by atoms with E-state index < -0.39 is 5.82 Å². The molecule has 1 heterocycles. The van der Waals surface area contributed by atoms with Gasteiger partial charge in [-0.2, -0.15) is 0 Å². The van der Waals surface area contributed by atoms with E-state index in [0.29, 0.717) is 17.2 Å². The average molecular weight is 275 g/mol. The van der Waals surface area contributed by atoms with Crippen molar-refractivity contribution in [2.24, 2.45) is 0 Å². The third kappa shape index (κ3) is 3.23. The van der Waals surface area contributed by atoms with Crippen LogP contribution in [0.3, 0.4) is 0 Å². The van der Waals surface area contributed by atoms with E-state index in [-0.39, 0.29) is 11.7 Å². The lowest BCUT2D eigenvalue weighted by Crippen LogP contribution is -2.05. The van der Waals surface area contributed by atoms with Gasteiger partial charge in [-0.15, -0.1) is 0 Å². The highest BCUT2D eigenvalue weighted by atomic mass is 19.1. The largest absolute Gasteiger partial charge is 0.508 e. The Bertz CT molecular complexity index is 594. The van der Waals surface area contributed by atoms with E-state index in [1.807, 2.05) is 26.8 Å². The molecule has 0 spiro atoms. The number of rotatable bonds is 4. The van der Waals surface area contributed by atoms with Crippen molar-refractivity contribution in [2.45, 2.75) is 26.7 Å². The van der Waals surface area contributed by atoms with Crippen molar-refractivity contribution in [1.82, 2.24) is 9.97 Å². The molecule has 1 aromatic carbocycles. The molecule has 0 atom stereocenters. The van der Waals surface area contributed by atoms with Gasteiger partial charge in [0.1, 0.15) is 17.4 Å². The molecule has 0 amide bonds. The molecule has 106 valence electrons. The molecule has 0 aliphatic carbocycles. The molecule has 0 aliphatic rings. The van der Waals surface area contributed by atoms with Crippen LogP contribution in [0.15, 0.2) is 24.3 Å². The Hall–Kier alpha value is -2.17. The SMILES string of the molecule is CCNc1cc(C(C)C)nc(-c2cc(O)cc(F)c2)n1. The monoisotopic (exact) mass is 275 g/mol. The number of nitrogens with one attached hydrogen (secondary N) is 1. The molecule has 2 rings (SSSR count). The van der Waals surface area contributed by atoms with Gasteiger partial charge >= 0.3 is 0 Å². The number of aromatic nitrogens is 2. The summed E-state index contributed by atoms with van der Waals surface area (Å²) >= 11 is 0. The molecule has 2 aromatic rings. The zero-order chi connectivity index (χ0) is 14.7. The predicted octanol–water partition coefficient (Wildman–Crippen LogP) is 3.54. The van der Waals surface area contributed by atoms with Crippen molar-refractivity contribution >= 4 is 5.82 Å². The second-order valence-corrected chi connectivity index (χ2v) is 4.88. The molecule has 0 saturated heterocycles. The number of hydrogen-bond donors (Lipinski definition) is 2. The highest BCUT2D eigenvalue weighted by molar-refractivity contribution is 5.60. The van der Waals surface area contributed by atoms with Crippen LogP contribution in [0.4, 0.5) is 10.2 Å². The molecule has 1 aromatic heterocycles. The van der Waals surface area contributed by atoms with Crippen LogP contribution in [0.2, 0.25) is 0 Å². The van der Waals surface area contributed by atoms with Crippen LogP contribution in [0.1, 0.15) is 32.4 Å². The lowest BCUT2D eigenvalue weighted by atomic mass is 10.1. The molecule has 0 unspecified atom stereocenters. The molecule has 0 saturated carbocycles. The second-order valence-electron chi connectivity index (χ2n) is 4.88. The van der Waals surface area contributed by atoms with Gasteiger partial charge in [-0.05, 0) is 25.0 Å². The zero-order valence-electron chi connectivity index (χ0n) is 11.8. The Labute approximate surface area is 117 Å². The first-order valence-electron chi connectivity index (χ1n) is 6.62. The summed E-state index contributed by atoms with van der Waals surface area (Å²) in [7, 11) is 0. The first kappa shape index (κ1) is 14.2. The van der Waals surface area contributed by atoms with Crippen LogP contribution in [0, 0.1) is 5.82 Å². The lowest BCUT2D eigenvalue weighted by Gasteiger charge is -2.11. The fraction of sp³-hybridized carbons (Fsp3) is 0.333. The molecule has 20 heavy (non-hydrogen) atoms. The number of benzene rings is 1. The Kier molecular flexibility index (Phi) is 4.17. The molecule has 0 bridgehead atoms. The molecule has 5 heteroatoms. The van der Waals surface area contributed by atoms with Crippen molar-refractivity contribution in [3.05, 3.63) is 35.8 Å². The van der Waals surface area contributed by atoms with Crippen molar-refractivity contribution in [2.75, 3.05) is 11.9 Å². The van der Waals surface area contributed by atoms with Gasteiger partial charge in [0.25, 0.3) is 0 Å². The quantitative estimate of drug-likeness (QED) is 0.896. The van der Waals surface area contributed by atoms with E-state index in [1.54, 1.807) is 0 Å². The summed E-state index contributed by atoms with van der Waals surface area (Å²) in [5.74, 6) is 0.690. The Morgan fingerprint density at radius 1 is 1.20 bits per heavy atom. The number of phenolic OH excluding ortho intramolecular Hbond substituents is 1. The summed E-state index contributed by atoms with van der Waals surface area (Å²) in [6, 6.07) is 5.71. The molecule has 2 N–H and O–H groups in total. The summed E-state index contributed by atoms with van der Waals surface area (Å²) in [4.78, 5) is 8.80. The summed E-state index contributed by atoms with van der Waals surface area (Å²) in [5.41, 5.74) is 1.33. The minimum atomic E-state index is -0.511. The van der Waals surface area contributed by atoms with E-state index in [1.165, 1.54) is 12.1 Å². The van der Waals surface area contributed by atoms with Crippen LogP contribution in [-0.4, -0.2) is 21.6 Å². The lowest BCUT2D eigenvalue weighted by molar-refractivity contribution is 0.469.